The number of benzene rings is 2. The normalized spacial score (nSPS) is 17.1. The Morgan fingerprint density at radius 1 is 1.18 bits per heavy atom. The second-order valence-corrected chi connectivity index (χ2v) is 8.32. The van der Waals surface area contributed by atoms with Crippen LogP contribution in [-0.4, -0.2) is 24.4 Å². The van der Waals surface area contributed by atoms with Gasteiger partial charge in [-0.15, -0.1) is 10.1 Å². The molecule has 0 unspecified atom stereocenters. The largest absolute Gasteiger partial charge is 0.872 e. The van der Waals surface area contributed by atoms with Gasteiger partial charge in [0.2, 0.25) is 0 Å². The van der Waals surface area contributed by atoms with Gasteiger partial charge in [0.15, 0.2) is 5.17 Å². The van der Waals surface area contributed by atoms with Crippen molar-refractivity contribution >= 4 is 44.6 Å². The fraction of sp³-hybridized carbons (Fsp3) is 0.0588. The summed E-state index contributed by atoms with van der Waals surface area (Å²) in [6.07, 6.45) is 1.17. The van der Waals surface area contributed by atoms with E-state index in [9.17, 15) is 28.4 Å². The molecule has 144 valence electrons. The van der Waals surface area contributed by atoms with Gasteiger partial charge >= 0.3 is 0 Å². The molecule has 2 aromatic carbocycles. The Morgan fingerprint density at radius 2 is 1.89 bits per heavy atom. The van der Waals surface area contributed by atoms with E-state index in [-0.39, 0.29) is 27.1 Å². The van der Waals surface area contributed by atoms with Crippen LogP contribution in [0.15, 0.2) is 57.8 Å². The second kappa shape index (κ2) is 7.82. The Hall–Kier alpha value is -3.18. The number of nitrogens with one attached hydrogen (secondary N) is 1. The number of rotatable bonds is 5. The minimum absolute atomic E-state index is 0.00580. The molecule has 1 aliphatic rings. The number of sulfonamides is 1. The maximum atomic E-state index is 12.2. The molecule has 0 aromatic heterocycles. The smallest absolute Gasteiger partial charge is 0.269 e. The zero-order valence-electron chi connectivity index (χ0n) is 14.1. The van der Waals surface area contributed by atoms with Gasteiger partial charge in [-0.2, -0.15) is 0 Å². The summed E-state index contributed by atoms with van der Waals surface area (Å²) in [5.74, 6) is -1.49. The third kappa shape index (κ3) is 4.75. The Balaban J connectivity index is 1.83. The zero-order chi connectivity index (χ0) is 20.3. The van der Waals surface area contributed by atoms with Gasteiger partial charge in [-0.05, 0) is 29.0 Å². The minimum Gasteiger partial charge on any atom is -0.872 e. The summed E-state index contributed by atoms with van der Waals surface area (Å²) >= 11 is 0.737. The molecule has 1 N–H and O–H groups in total. The van der Waals surface area contributed by atoms with E-state index >= 15 is 0 Å². The Kier molecular flexibility index (Phi) is 5.47. The first-order valence-electron chi connectivity index (χ1n) is 7.76. The van der Waals surface area contributed by atoms with Gasteiger partial charge in [-0.3, -0.25) is 20.2 Å². The lowest BCUT2D eigenvalue weighted by atomic mass is 10.1. The van der Waals surface area contributed by atoms with E-state index in [0.717, 1.165) is 30.0 Å². The molecule has 0 radical (unpaired) electrons. The second-order valence-electron chi connectivity index (χ2n) is 5.65. The molecule has 11 heteroatoms. The van der Waals surface area contributed by atoms with E-state index < -0.39 is 26.6 Å². The number of amidine groups is 1. The van der Waals surface area contributed by atoms with Crippen LogP contribution in [0.4, 0.5) is 5.69 Å². The highest BCUT2D eigenvalue weighted by molar-refractivity contribution is 8.19. The van der Waals surface area contributed by atoms with Crippen molar-refractivity contribution in [3.8, 4) is 5.75 Å². The van der Waals surface area contributed by atoms with Gasteiger partial charge in [0.05, 0.1) is 15.6 Å². The Bertz CT molecular complexity index is 1110. The van der Waals surface area contributed by atoms with Crippen molar-refractivity contribution in [2.24, 2.45) is 4.40 Å². The lowest BCUT2D eigenvalue weighted by Gasteiger charge is -2.09. The zero-order valence-corrected chi connectivity index (χ0v) is 15.7. The van der Waals surface area contributed by atoms with Crippen molar-refractivity contribution in [1.29, 1.82) is 0 Å². The summed E-state index contributed by atoms with van der Waals surface area (Å²) in [5, 5.41) is 24.9. The lowest BCUT2D eigenvalue weighted by Crippen LogP contribution is -2.21. The third-order valence-electron chi connectivity index (χ3n) is 3.56. The number of hydrogen-bond donors (Lipinski definition) is 1. The summed E-state index contributed by atoms with van der Waals surface area (Å²) < 4.78 is 28.0. The van der Waals surface area contributed by atoms with Crippen molar-refractivity contribution in [3.63, 3.8) is 0 Å². The quantitative estimate of drug-likeness (QED) is 0.443. The van der Waals surface area contributed by atoms with Gasteiger partial charge < -0.3 is 5.11 Å². The number of nitro benzene ring substituents is 1. The molecule has 0 aliphatic carbocycles. The van der Waals surface area contributed by atoms with Gasteiger partial charge in [0.1, 0.15) is 0 Å². The van der Waals surface area contributed by atoms with Crippen LogP contribution in [0, 0.1) is 10.1 Å². The molecule has 9 nitrogen and oxygen atoms in total. The Morgan fingerprint density at radius 3 is 2.57 bits per heavy atom. The maximum Gasteiger partial charge on any atom is 0.269 e. The molecule has 1 fully saturated rings. The number of non-ortho nitro benzene ring substituents is 1. The highest BCUT2D eigenvalue weighted by Crippen LogP contribution is 2.30. The van der Waals surface area contributed by atoms with E-state index in [2.05, 4.69) is 9.71 Å². The van der Waals surface area contributed by atoms with Crippen LogP contribution in [0.5, 0.6) is 5.75 Å². The SMILES string of the molecule is O=C1N/C(=N\S(=O)(=O)Cc2ccccc2)S/C1=C\c1cc([N+](=O)[O-])ccc1[O-]. The van der Waals surface area contributed by atoms with Crippen molar-refractivity contribution in [2.45, 2.75) is 5.75 Å². The number of amides is 1. The maximum absolute atomic E-state index is 12.2. The number of thioether (sulfide) groups is 1. The van der Waals surface area contributed by atoms with Crippen LogP contribution in [0.1, 0.15) is 11.1 Å². The summed E-state index contributed by atoms with van der Waals surface area (Å²) in [5.41, 5.74) is 0.193. The molecular formula is C17H12N3O6S2-. The van der Waals surface area contributed by atoms with E-state index in [1.54, 1.807) is 30.3 Å². The van der Waals surface area contributed by atoms with Gasteiger partial charge in [0, 0.05) is 12.1 Å². The van der Waals surface area contributed by atoms with E-state index in [1.165, 1.54) is 6.08 Å². The fourth-order valence-electron chi connectivity index (χ4n) is 2.32. The number of carbonyl (C=O) groups is 1. The molecular weight excluding hydrogens is 406 g/mol. The highest BCUT2D eigenvalue weighted by Gasteiger charge is 2.26. The standard InChI is InChI=1S/C17H13N3O6S2/c21-14-7-6-13(20(23)24)8-12(14)9-15-16(22)18-17(27-15)19-28(25,26)10-11-4-2-1-3-5-11/h1-9,21H,10H2,(H,18,19,22)/p-1/b15-9-. The highest BCUT2D eigenvalue weighted by atomic mass is 32.2. The molecule has 1 heterocycles. The fourth-order valence-corrected chi connectivity index (χ4v) is 4.47. The van der Waals surface area contributed by atoms with Crippen LogP contribution in [0.3, 0.4) is 0 Å². The van der Waals surface area contributed by atoms with Gasteiger partial charge in [-0.25, -0.2) is 8.42 Å². The minimum atomic E-state index is -3.89. The van der Waals surface area contributed by atoms with Gasteiger partial charge in [0.25, 0.3) is 21.6 Å². The molecule has 0 atom stereocenters. The predicted molar refractivity (Wildman–Crippen MR) is 103 cm³/mol. The van der Waals surface area contributed by atoms with Crippen LogP contribution < -0.4 is 10.4 Å². The number of nitrogens with zero attached hydrogens (tertiary/aromatic N) is 2. The first kappa shape index (κ1) is 19.6. The average Bonchev–Trinajstić information content (AvgIpc) is 2.95. The van der Waals surface area contributed by atoms with Crippen LogP contribution in [0.25, 0.3) is 6.08 Å². The van der Waals surface area contributed by atoms with Crippen LogP contribution >= 0.6 is 11.8 Å². The third-order valence-corrected chi connectivity index (χ3v) is 5.74. The summed E-state index contributed by atoms with van der Waals surface area (Å²) in [4.78, 5) is 22.2. The monoisotopic (exact) mass is 418 g/mol. The predicted octanol–water partition coefficient (Wildman–Crippen LogP) is 1.76. The molecule has 0 saturated carbocycles. The molecule has 1 saturated heterocycles. The molecule has 2 aromatic rings. The summed E-state index contributed by atoms with van der Waals surface area (Å²) in [7, 11) is -3.89. The van der Waals surface area contributed by atoms with Crippen molar-refractivity contribution in [1.82, 2.24) is 5.32 Å². The van der Waals surface area contributed by atoms with Gasteiger partial charge in [-0.1, -0.05) is 36.4 Å². The summed E-state index contributed by atoms with van der Waals surface area (Å²) in [6.45, 7) is 0. The first-order valence-corrected chi connectivity index (χ1v) is 10.2. The van der Waals surface area contributed by atoms with Crippen molar-refractivity contribution < 1.29 is 23.2 Å². The van der Waals surface area contributed by atoms with Crippen molar-refractivity contribution in [2.75, 3.05) is 0 Å². The first-order chi connectivity index (χ1) is 13.2. The molecule has 3 rings (SSSR count). The topological polar surface area (TPSA) is 142 Å². The molecule has 1 aliphatic heterocycles. The lowest BCUT2D eigenvalue weighted by molar-refractivity contribution is -0.385. The van der Waals surface area contributed by atoms with E-state index in [1.807, 2.05) is 0 Å². The molecule has 28 heavy (non-hydrogen) atoms. The average molecular weight is 418 g/mol. The number of hydrogen-bond acceptors (Lipinski definition) is 7. The molecule has 0 bridgehead atoms. The summed E-state index contributed by atoms with van der Waals surface area (Å²) in [6, 6.07) is 11.6. The van der Waals surface area contributed by atoms with Crippen molar-refractivity contribution in [3.05, 3.63) is 74.7 Å². The number of nitro groups is 1. The number of carbonyl (C=O) groups excluding carboxylic acids is 1. The molecule has 0 spiro atoms. The Labute approximate surface area is 164 Å². The van der Waals surface area contributed by atoms with Crippen LogP contribution in [-0.2, 0) is 20.6 Å². The van der Waals surface area contributed by atoms with E-state index in [4.69, 9.17) is 0 Å². The van der Waals surface area contributed by atoms with E-state index in [0.29, 0.717) is 5.56 Å². The molecule has 1 amide bonds. The van der Waals surface area contributed by atoms with Crippen LogP contribution in [0.2, 0.25) is 0 Å².